The molecule has 1 N–H and O–H groups in total. The number of thioether (sulfide) groups is 1. The summed E-state index contributed by atoms with van der Waals surface area (Å²) < 4.78 is 0.596. The third-order valence-electron chi connectivity index (χ3n) is 6.46. The molecular weight excluding hydrogens is 587 g/mol. The van der Waals surface area contributed by atoms with Crippen molar-refractivity contribution in [1.82, 2.24) is 15.2 Å². The second kappa shape index (κ2) is 11.3. The molecule has 1 amide bonds. The number of carbonyl (C=O) groups is 2. The van der Waals surface area contributed by atoms with Crippen molar-refractivity contribution in [2.45, 2.75) is 42.3 Å². The zero-order chi connectivity index (χ0) is 28.6. The lowest BCUT2D eigenvalue weighted by molar-refractivity contribution is -0.132. The first kappa shape index (κ1) is 28.3. The van der Waals surface area contributed by atoms with Gasteiger partial charge in [0.2, 0.25) is 5.13 Å². The van der Waals surface area contributed by atoms with Crippen molar-refractivity contribution in [2.75, 3.05) is 4.90 Å². The first-order valence-electron chi connectivity index (χ1n) is 12.3. The Kier molecular flexibility index (Phi) is 8.01. The molecule has 5 rings (SSSR count). The number of pyridine rings is 1. The van der Waals surface area contributed by atoms with Crippen molar-refractivity contribution in [3.8, 4) is 0 Å². The number of halogens is 2. The van der Waals surface area contributed by atoms with Gasteiger partial charge in [-0.25, -0.2) is 0 Å². The maximum absolute atomic E-state index is 13.4. The van der Waals surface area contributed by atoms with Crippen LogP contribution in [-0.4, -0.2) is 32.0 Å². The fourth-order valence-electron chi connectivity index (χ4n) is 4.31. The summed E-state index contributed by atoms with van der Waals surface area (Å²) in [7, 11) is 0. The van der Waals surface area contributed by atoms with E-state index in [-0.39, 0.29) is 21.9 Å². The number of Topliss-reactive ketones (excluding diaryl/α,β-unsaturated/α-hetero) is 1. The second-order valence-corrected chi connectivity index (χ2v) is 13.2. The van der Waals surface area contributed by atoms with E-state index in [9.17, 15) is 14.7 Å². The average molecular weight is 612 g/mol. The molecule has 1 fully saturated rings. The van der Waals surface area contributed by atoms with E-state index in [2.05, 4.69) is 36.0 Å². The zero-order valence-corrected chi connectivity index (χ0v) is 24.9. The van der Waals surface area contributed by atoms with Crippen molar-refractivity contribution in [3.05, 3.63) is 105 Å². The molecule has 0 aliphatic carbocycles. The lowest BCUT2D eigenvalue weighted by Gasteiger charge is -2.24. The summed E-state index contributed by atoms with van der Waals surface area (Å²) >= 11 is 14.9. The molecule has 7 nitrogen and oxygen atoms in total. The van der Waals surface area contributed by atoms with Gasteiger partial charge >= 0.3 is 5.91 Å². The Morgan fingerprint density at radius 1 is 1.02 bits per heavy atom. The number of hydrogen-bond acceptors (Lipinski definition) is 8. The Balaban J connectivity index is 1.54. The standard InChI is InChI=1S/C29H24Cl2N4O3S2/c1-29(2,3)19-7-4-16(5-8-19)23-22(24(36)17-10-12-32-13-11-17)25(37)26(38)35(23)27-33-34-28(40-27)39-15-18-6-9-20(30)14-21(18)31/h4-14,23,36H,15H2,1-3H3/b24-22+. The van der Waals surface area contributed by atoms with Gasteiger partial charge in [0.25, 0.3) is 5.78 Å². The van der Waals surface area contributed by atoms with Crippen LogP contribution in [0.5, 0.6) is 0 Å². The van der Waals surface area contributed by atoms with Crippen LogP contribution in [-0.2, 0) is 20.8 Å². The third kappa shape index (κ3) is 5.65. The van der Waals surface area contributed by atoms with Crippen molar-refractivity contribution in [3.63, 3.8) is 0 Å². The molecule has 2 aromatic carbocycles. The van der Waals surface area contributed by atoms with E-state index in [0.717, 1.165) is 11.1 Å². The van der Waals surface area contributed by atoms with Crippen molar-refractivity contribution >= 4 is 68.9 Å². The van der Waals surface area contributed by atoms with E-state index in [1.807, 2.05) is 30.3 Å². The van der Waals surface area contributed by atoms with Crippen molar-refractivity contribution in [1.29, 1.82) is 0 Å². The van der Waals surface area contributed by atoms with Crippen LogP contribution in [0.4, 0.5) is 5.13 Å². The summed E-state index contributed by atoms with van der Waals surface area (Å²) in [6.45, 7) is 6.32. The number of benzene rings is 2. The summed E-state index contributed by atoms with van der Waals surface area (Å²) in [6, 6.07) is 15.3. The summed E-state index contributed by atoms with van der Waals surface area (Å²) in [5.74, 6) is -1.33. The van der Waals surface area contributed by atoms with Gasteiger partial charge in [-0.1, -0.05) is 97.4 Å². The first-order valence-corrected chi connectivity index (χ1v) is 14.8. The molecule has 11 heteroatoms. The molecule has 0 radical (unpaired) electrons. The molecule has 1 aliphatic rings. The van der Waals surface area contributed by atoms with Crippen LogP contribution in [0, 0.1) is 0 Å². The number of aromatic nitrogens is 3. The van der Waals surface area contributed by atoms with Gasteiger partial charge in [0.05, 0.1) is 11.6 Å². The van der Waals surface area contributed by atoms with Crippen LogP contribution in [0.25, 0.3) is 5.76 Å². The lowest BCUT2D eigenvalue weighted by Crippen LogP contribution is -2.29. The van der Waals surface area contributed by atoms with E-state index >= 15 is 0 Å². The molecule has 0 saturated carbocycles. The molecule has 0 spiro atoms. The van der Waals surface area contributed by atoms with Crippen LogP contribution in [0.15, 0.2) is 76.9 Å². The number of nitrogens with zero attached hydrogens (tertiary/aromatic N) is 4. The van der Waals surface area contributed by atoms with Crippen molar-refractivity contribution < 1.29 is 14.7 Å². The first-order chi connectivity index (χ1) is 19.0. The molecular formula is C29H24Cl2N4O3S2. The molecule has 2 aromatic heterocycles. The molecule has 0 bridgehead atoms. The second-order valence-electron chi connectivity index (χ2n) is 10.2. The predicted octanol–water partition coefficient (Wildman–Crippen LogP) is 7.46. The molecule has 1 saturated heterocycles. The van der Waals surface area contributed by atoms with Gasteiger partial charge in [0.1, 0.15) is 5.76 Å². The minimum absolute atomic E-state index is 0.0166. The van der Waals surface area contributed by atoms with Gasteiger partial charge < -0.3 is 5.11 Å². The number of rotatable bonds is 6. The van der Waals surface area contributed by atoms with Crippen molar-refractivity contribution in [2.24, 2.45) is 0 Å². The molecule has 3 heterocycles. The number of ketones is 1. The van der Waals surface area contributed by atoms with Crippen LogP contribution in [0.1, 0.15) is 49.1 Å². The largest absolute Gasteiger partial charge is 0.507 e. The normalized spacial score (nSPS) is 17.0. The van der Waals surface area contributed by atoms with Crippen LogP contribution >= 0.6 is 46.3 Å². The molecule has 204 valence electrons. The quantitative estimate of drug-likeness (QED) is 0.0795. The molecule has 40 heavy (non-hydrogen) atoms. The smallest absolute Gasteiger partial charge is 0.301 e. The average Bonchev–Trinajstić information content (AvgIpc) is 3.50. The van der Waals surface area contributed by atoms with E-state index in [4.69, 9.17) is 23.2 Å². The Labute approximate surface area is 249 Å². The Bertz CT molecular complexity index is 1620. The summed E-state index contributed by atoms with van der Waals surface area (Å²) in [5, 5.41) is 21.1. The minimum Gasteiger partial charge on any atom is -0.507 e. The number of aliphatic hydroxyl groups excluding tert-OH is 1. The third-order valence-corrected chi connectivity index (χ3v) is 9.15. The number of amides is 1. The van der Waals surface area contributed by atoms with Gasteiger partial charge in [0.15, 0.2) is 4.34 Å². The van der Waals surface area contributed by atoms with E-state index in [1.165, 1.54) is 40.4 Å². The molecule has 1 aliphatic heterocycles. The van der Waals surface area contributed by atoms with Gasteiger partial charge in [-0.3, -0.25) is 19.5 Å². The molecule has 1 atom stereocenters. The highest BCUT2D eigenvalue weighted by Crippen LogP contribution is 2.44. The number of carbonyl (C=O) groups excluding carboxylic acids is 2. The fourth-order valence-corrected chi connectivity index (χ4v) is 6.74. The fraction of sp³-hybridized carbons (Fsp3) is 0.207. The maximum atomic E-state index is 13.4. The Hall–Kier alpha value is -3.24. The summed E-state index contributed by atoms with van der Waals surface area (Å²) in [5.41, 5.74) is 2.92. The Morgan fingerprint density at radius 3 is 2.38 bits per heavy atom. The summed E-state index contributed by atoms with van der Waals surface area (Å²) in [6.07, 6.45) is 3.03. The van der Waals surface area contributed by atoms with Gasteiger partial charge in [0, 0.05) is 33.8 Å². The highest BCUT2D eigenvalue weighted by molar-refractivity contribution is 8.00. The Morgan fingerprint density at radius 2 is 1.73 bits per heavy atom. The SMILES string of the molecule is CC(C)(C)c1ccc(C2/C(=C(\O)c3ccncc3)C(=O)C(=O)N2c2nnc(SCc3ccc(Cl)cc3Cl)s2)cc1. The summed E-state index contributed by atoms with van der Waals surface area (Å²) in [4.78, 5) is 32.1. The molecule has 4 aromatic rings. The predicted molar refractivity (Wildman–Crippen MR) is 160 cm³/mol. The van der Waals surface area contributed by atoms with Gasteiger partial charge in [-0.2, -0.15) is 0 Å². The van der Waals surface area contributed by atoms with Gasteiger partial charge in [-0.15, -0.1) is 10.2 Å². The highest BCUT2D eigenvalue weighted by Gasteiger charge is 2.48. The number of hydrogen-bond donors (Lipinski definition) is 1. The molecule has 1 unspecified atom stereocenters. The van der Waals surface area contributed by atoms with E-state index < -0.39 is 17.7 Å². The highest BCUT2D eigenvalue weighted by atomic mass is 35.5. The van der Waals surface area contributed by atoms with Crippen LogP contribution in [0.3, 0.4) is 0 Å². The monoisotopic (exact) mass is 610 g/mol. The van der Waals surface area contributed by atoms with Crippen LogP contribution in [0.2, 0.25) is 10.0 Å². The van der Waals surface area contributed by atoms with E-state index in [0.29, 0.717) is 31.3 Å². The number of aliphatic hydroxyl groups is 1. The van der Waals surface area contributed by atoms with E-state index in [1.54, 1.807) is 24.3 Å². The van der Waals surface area contributed by atoms with Gasteiger partial charge in [-0.05, 0) is 46.4 Å². The number of anilines is 1. The lowest BCUT2D eigenvalue weighted by atomic mass is 9.85. The minimum atomic E-state index is -0.890. The van der Waals surface area contributed by atoms with Crippen LogP contribution < -0.4 is 4.90 Å². The topological polar surface area (TPSA) is 96.3 Å². The zero-order valence-electron chi connectivity index (χ0n) is 21.8. The maximum Gasteiger partial charge on any atom is 0.301 e.